The van der Waals surface area contributed by atoms with Crippen molar-refractivity contribution in [2.45, 2.75) is 12.5 Å². The summed E-state index contributed by atoms with van der Waals surface area (Å²) < 4.78 is 1.02. The fraction of sp³-hybridized carbons (Fsp3) is 0.214. The topological polar surface area (TPSA) is 24.9 Å². The van der Waals surface area contributed by atoms with E-state index in [-0.39, 0.29) is 0 Å². The van der Waals surface area contributed by atoms with E-state index < -0.39 is 0 Å². The van der Waals surface area contributed by atoms with Gasteiger partial charge in [-0.25, -0.2) is 0 Å². The number of aromatic nitrogens is 1. The van der Waals surface area contributed by atoms with E-state index in [0.717, 1.165) is 16.6 Å². The second-order valence-corrected chi connectivity index (χ2v) is 4.84. The van der Waals surface area contributed by atoms with E-state index in [1.54, 1.807) is 0 Å². The number of rotatable bonds is 4. The summed E-state index contributed by atoms with van der Waals surface area (Å²) in [5.74, 6) is 0. The van der Waals surface area contributed by atoms with Crippen molar-refractivity contribution in [3.05, 3.63) is 64.4 Å². The Morgan fingerprint density at radius 3 is 2.53 bits per heavy atom. The maximum absolute atomic E-state index is 4.40. The molecule has 17 heavy (non-hydrogen) atoms. The van der Waals surface area contributed by atoms with Crippen molar-refractivity contribution in [1.29, 1.82) is 0 Å². The van der Waals surface area contributed by atoms with Crippen molar-refractivity contribution >= 4 is 15.9 Å². The van der Waals surface area contributed by atoms with Gasteiger partial charge in [0.05, 0.1) is 0 Å². The standard InChI is InChI=1S/C14H15BrN2/c1-16-14(11-5-3-2-4-6-11)9-13-8-7-12(15)10-17-13/h2-8,10,14,16H,9H2,1H3. The highest BCUT2D eigenvalue weighted by Crippen LogP contribution is 2.17. The monoisotopic (exact) mass is 290 g/mol. The van der Waals surface area contributed by atoms with Crippen LogP contribution in [0.2, 0.25) is 0 Å². The maximum Gasteiger partial charge on any atom is 0.0423 e. The predicted octanol–water partition coefficient (Wildman–Crippen LogP) is 3.35. The zero-order valence-corrected chi connectivity index (χ0v) is 11.3. The summed E-state index contributed by atoms with van der Waals surface area (Å²) in [5.41, 5.74) is 2.39. The number of benzene rings is 1. The largest absolute Gasteiger partial charge is 0.313 e. The van der Waals surface area contributed by atoms with Crippen LogP contribution in [0.15, 0.2) is 53.1 Å². The summed E-state index contributed by atoms with van der Waals surface area (Å²) in [6, 6.07) is 14.8. The highest BCUT2D eigenvalue weighted by molar-refractivity contribution is 9.10. The maximum atomic E-state index is 4.40. The van der Waals surface area contributed by atoms with Gasteiger partial charge in [-0.2, -0.15) is 0 Å². The first kappa shape index (κ1) is 12.3. The average Bonchev–Trinajstić information content (AvgIpc) is 2.39. The van der Waals surface area contributed by atoms with E-state index in [2.05, 4.69) is 56.6 Å². The van der Waals surface area contributed by atoms with Crippen LogP contribution in [0.1, 0.15) is 17.3 Å². The molecule has 1 atom stereocenters. The number of hydrogen-bond donors (Lipinski definition) is 1. The van der Waals surface area contributed by atoms with Crippen molar-refractivity contribution in [1.82, 2.24) is 10.3 Å². The van der Waals surface area contributed by atoms with Crippen LogP contribution in [0.25, 0.3) is 0 Å². The fourth-order valence-corrected chi connectivity index (χ4v) is 2.04. The van der Waals surface area contributed by atoms with Gasteiger partial charge < -0.3 is 5.32 Å². The molecule has 0 spiro atoms. The summed E-state index contributed by atoms with van der Waals surface area (Å²) >= 11 is 3.40. The van der Waals surface area contributed by atoms with Crippen molar-refractivity contribution in [3.8, 4) is 0 Å². The highest BCUT2D eigenvalue weighted by atomic mass is 79.9. The molecule has 0 aliphatic rings. The third-order valence-electron chi connectivity index (χ3n) is 2.75. The first-order valence-electron chi connectivity index (χ1n) is 5.62. The van der Waals surface area contributed by atoms with E-state index in [1.165, 1.54) is 5.56 Å². The normalized spacial score (nSPS) is 12.4. The van der Waals surface area contributed by atoms with Gasteiger partial charge in [-0.15, -0.1) is 0 Å². The molecule has 2 nitrogen and oxygen atoms in total. The minimum absolute atomic E-state index is 0.310. The average molecular weight is 291 g/mol. The smallest absolute Gasteiger partial charge is 0.0423 e. The number of nitrogens with zero attached hydrogens (tertiary/aromatic N) is 1. The molecular formula is C14H15BrN2. The van der Waals surface area contributed by atoms with Gasteiger partial charge in [0.25, 0.3) is 0 Å². The van der Waals surface area contributed by atoms with Crippen molar-refractivity contribution in [2.24, 2.45) is 0 Å². The molecule has 2 rings (SSSR count). The lowest BCUT2D eigenvalue weighted by Gasteiger charge is -2.16. The number of halogens is 1. The Balaban J connectivity index is 2.13. The number of pyridine rings is 1. The number of likely N-dealkylation sites (N-methyl/N-ethyl adjacent to an activating group) is 1. The molecule has 0 amide bonds. The van der Waals surface area contributed by atoms with Crippen molar-refractivity contribution < 1.29 is 0 Å². The van der Waals surface area contributed by atoms with Crippen LogP contribution in [-0.2, 0) is 6.42 Å². The van der Waals surface area contributed by atoms with E-state index in [9.17, 15) is 0 Å². The van der Waals surface area contributed by atoms with Gasteiger partial charge in [-0.3, -0.25) is 4.98 Å². The number of hydrogen-bond acceptors (Lipinski definition) is 2. The molecule has 1 unspecified atom stereocenters. The molecule has 0 radical (unpaired) electrons. The van der Waals surface area contributed by atoms with Gasteiger partial charge in [-0.1, -0.05) is 30.3 Å². The van der Waals surface area contributed by atoms with Gasteiger partial charge in [-0.05, 0) is 40.7 Å². The second kappa shape index (κ2) is 5.94. The molecule has 0 fully saturated rings. The van der Waals surface area contributed by atoms with Gasteiger partial charge in [0.2, 0.25) is 0 Å². The molecule has 0 aliphatic carbocycles. The summed E-state index contributed by atoms with van der Waals surface area (Å²) in [5, 5.41) is 3.33. The zero-order valence-electron chi connectivity index (χ0n) is 9.73. The lowest BCUT2D eigenvalue weighted by molar-refractivity contribution is 0.584. The molecule has 3 heteroatoms. The third-order valence-corrected chi connectivity index (χ3v) is 3.22. The lowest BCUT2D eigenvalue weighted by Crippen LogP contribution is -2.19. The molecule has 88 valence electrons. The third kappa shape index (κ3) is 3.38. The molecule has 1 aromatic heterocycles. The molecule has 0 saturated carbocycles. The summed E-state index contributed by atoms with van der Waals surface area (Å²) in [6.07, 6.45) is 2.74. The Morgan fingerprint density at radius 2 is 1.94 bits per heavy atom. The minimum atomic E-state index is 0.310. The van der Waals surface area contributed by atoms with Crippen molar-refractivity contribution in [2.75, 3.05) is 7.05 Å². The summed E-state index contributed by atoms with van der Waals surface area (Å²) in [4.78, 5) is 4.40. The van der Waals surface area contributed by atoms with Crippen LogP contribution in [0, 0.1) is 0 Å². The molecule has 1 heterocycles. The molecule has 0 aliphatic heterocycles. The molecule has 0 saturated heterocycles. The van der Waals surface area contributed by atoms with Crippen LogP contribution in [0.4, 0.5) is 0 Å². The van der Waals surface area contributed by atoms with Crippen LogP contribution in [0.3, 0.4) is 0 Å². The zero-order chi connectivity index (χ0) is 12.1. The summed E-state index contributed by atoms with van der Waals surface area (Å²) in [6.45, 7) is 0. The van der Waals surface area contributed by atoms with E-state index in [4.69, 9.17) is 0 Å². The van der Waals surface area contributed by atoms with Crippen LogP contribution < -0.4 is 5.32 Å². The second-order valence-electron chi connectivity index (χ2n) is 3.92. The van der Waals surface area contributed by atoms with Crippen LogP contribution in [-0.4, -0.2) is 12.0 Å². The Hall–Kier alpha value is -1.19. The first-order chi connectivity index (χ1) is 8.29. The van der Waals surface area contributed by atoms with E-state index in [0.29, 0.717) is 6.04 Å². The fourth-order valence-electron chi connectivity index (χ4n) is 1.81. The Morgan fingerprint density at radius 1 is 1.18 bits per heavy atom. The molecule has 1 aromatic carbocycles. The van der Waals surface area contributed by atoms with E-state index in [1.807, 2.05) is 25.4 Å². The molecular weight excluding hydrogens is 276 g/mol. The van der Waals surface area contributed by atoms with E-state index >= 15 is 0 Å². The Labute approximate surface area is 110 Å². The van der Waals surface area contributed by atoms with Gasteiger partial charge in [0.1, 0.15) is 0 Å². The molecule has 2 aromatic rings. The Kier molecular flexibility index (Phi) is 4.29. The predicted molar refractivity (Wildman–Crippen MR) is 73.9 cm³/mol. The first-order valence-corrected chi connectivity index (χ1v) is 6.41. The van der Waals surface area contributed by atoms with Gasteiger partial charge in [0, 0.05) is 28.8 Å². The Bertz CT molecular complexity index is 453. The SMILES string of the molecule is CNC(Cc1ccc(Br)cn1)c1ccccc1. The summed E-state index contributed by atoms with van der Waals surface area (Å²) in [7, 11) is 1.98. The highest BCUT2D eigenvalue weighted by Gasteiger charge is 2.09. The molecule has 1 N–H and O–H groups in total. The van der Waals surface area contributed by atoms with Crippen molar-refractivity contribution in [3.63, 3.8) is 0 Å². The number of nitrogens with one attached hydrogen (secondary N) is 1. The molecule has 0 bridgehead atoms. The quantitative estimate of drug-likeness (QED) is 0.934. The van der Waals surface area contributed by atoms with Crippen LogP contribution >= 0.6 is 15.9 Å². The minimum Gasteiger partial charge on any atom is -0.313 e. The van der Waals surface area contributed by atoms with Crippen LogP contribution in [0.5, 0.6) is 0 Å². The van der Waals surface area contributed by atoms with Gasteiger partial charge >= 0.3 is 0 Å². The van der Waals surface area contributed by atoms with Gasteiger partial charge in [0.15, 0.2) is 0 Å². The lowest BCUT2D eigenvalue weighted by atomic mass is 10.0.